The second-order valence-electron chi connectivity index (χ2n) is 7.06. The molecule has 0 aliphatic carbocycles. The number of aromatic nitrogens is 3. The van der Waals surface area contributed by atoms with E-state index in [0.29, 0.717) is 18.2 Å². The summed E-state index contributed by atoms with van der Waals surface area (Å²) in [4.78, 5) is 19.2. The maximum Gasteiger partial charge on any atom is 0.272 e. The van der Waals surface area contributed by atoms with E-state index in [4.69, 9.17) is 0 Å². The number of aromatic amines is 1. The Morgan fingerprint density at radius 3 is 2.93 bits per heavy atom. The molecule has 1 amide bonds. The molecule has 4 rings (SSSR count). The molecular formula is C20H22FN5OS. The first kappa shape index (κ1) is 18.8. The number of nitrogens with one attached hydrogen (secondary N) is 2. The number of benzene rings is 1. The SMILES string of the molecule is CN(Cc1csc(-c2ccc(F)cc2)n1)C(=O)c1[nH]ncc1C1CCCNC1. The van der Waals surface area contributed by atoms with Gasteiger partial charge in [-0.15, -0.1) is 11.3 Å². The van der Waals surface area contributed by atoms with E-state index in [9.17, 15) is 9.18 Å². The third-order valence-corrected chi connectivity index (χ3v) is 5.95. The highest BCUT2D eigenvalue weighted by molar-refractivity contribution is 7.13. The zero-order valence-electron chi connectivity index (χ0n) is 15.6. The van der Waals surface area contributed by atoms with Crippen LogP contribution < -0.4 is 5.32 Å². The van der Waals surface area contributed by atoms with Crippen molar-refractivity contribution in [2.45, 2.75) is 25.3 Å². The quantitative estimate of drug-likeness (QED) is 0.690. The summed E-state index contributed by atoms with van der Waals surface area (Å²) in [5.74, 6) is -0.0482. The average Bonchev–Trinajstić information content (AvgIpc) is 3.38. The smallest absolute Gasteiger partial charge is 0.272 e. The summed E-state index contributed by atoms with van der Waals surface area (Å²) in [6, 6.07) is 6.27. The Hall–Kier alpha value is -2.58. The van der Waals surface area contributed by atoms with Gasteiger partial charge in [0.2, 0.25) is 0 Å². The third kappa shape index (κ3) is 3.98. The van der Waals surface area contributed by atoms with Crippen molar-refractivity contribution in [1.29, 1.82) is 0 Å². The van der Waals surface area contributed by atoms with Gasteiger partial charge >= 0.3 is 0 Å². The summed E-state index contributed by atoms with van der Waals surface area (Å²) in [5.41, 5.74) is 3.22. The molecule has 3 aromatic rings. The van der Waals surface area contributed by atoms with Gasteiger partial charge in [0, 0.05) is 36.0 Å². The van der Waals surface area contributed by atoms with Gasteiger partial charge in [-0.05, 0) is 43.7 Å². The Labute approximate surface area is 166 Å². The number of nitrogens with zero attached hydrogens (tertiary/aromatic N) is 3. The zero-order valence-corrected chi connectivity index (χ0v) is 16.4. The van der Waals surface area contributed by atoms with E-state index >= 15 is 0 Å². The van der Waals surface area contributed by atoms with E-state index in [1.165, 1.54) is 23.5 Å². The number of carbonyl (C=O) groups excluding carboxylic acids is 1. The lowest BCUT2D eigenvalue weighted by Crippen LogP contribution is -2.31. The van der Waals surface area contributed by atoms with Crippen molar-refractivity contribution in [2.75, 3.05) is 20.1 Å². The number of piperidine rings is 1. The largest absolute Gasteiger partial charge is 0.334 e. The van der Waals surface area contributed by atoms with Crippen LogP contribution in [0.25, 0.3) is 10.6 Å². The summed E-state index contributed by atoms with van der Waals surface area (Å²) in [7, 11) is 1.77. The van der Waals surface area contributed by atoms with Crippen LogP contribution in [0.3, 0.4) is 0 Å². The number of thiazole rings is 1. The molecule has 1 aromatic carbocycles. The fraction of sp³-hybridized carbons (Fsp3) is 0.350. The van der Waals surface area contributed by atoms with Gasteiger partial charge in [0.05, 0.1) is 18.4 Å². The molecule has 146 valence electrons. The molecule has 0 bridgehead atoms. The maximum absolute atomic E-state index is 13.1. The van der Waals surface area contributed by atoms with Crippen LogP contribution in [0.1, 0.15) is 40.5 Å². The van der Waals surface area contributed by atoms with Gasteiger partial charge in [0.15, 0.2) is 0 Å². The molecule has 6 nitrogen and oxygen atoms in total. The zero-order chi connectivity index (χ0) is 19.5. The van der Waals surface area contributed by atoms with Gasteiger partial charge in [0.25, 0.3) is 5.91 Å². The minimum absolute atomic E-state index is 0.0885. The first-order chi connectivity index (χ1) is 13.6. The first-order valence-electron chi connectivity index (χ1n) is 9.31. The Morgan fingerprint density at radius 1 is 1.36 bits per heavy atom. The fourth-order valence-corrected chi connectivity index (χ4v) is 4.32. The van der Waals surface area contributed by atoms with Gasteiger partial charge in [0.1, 0.15) is 16.5 Å². The van der Waals surface area contributed by atoms with E-state index in [1.807, 2.05) is 5.38 Å². The van der Waals surface area contributed by atoms with Crippen LogP contribution in [-0.2, 0) is 6.54 Å². The lowest BCUT2D eigenvalue weighted by molar-refractivity contribution is 0.0776. The van der Waals surface area contributed by atoms with Crippen LogP contribution in [0.15, 0.2) is 35.8 Å². The third-order valence-electron chi connectivity index (χ3n) is 5.01. The molecule has 2 aromatic heterocycles. The van der Waals surface area contributed by atoms with Crippen LogP contribution in [0.5, 0.6) is 0 Å². The van der Waals surface area contributed by atoms with Crippen molar-refractivity contribution in [3.05, 3.63) is 58.6 Å². The molecule has 1 atom stereocenters. The Bertz CT molecular complexity index is 946. The number of H-pyrrole nitrogens is 1. The number of rotatable bonds is 5. The minimum Gasteiger partial charge on any atom is -0.334 e. The predicted molar refractivity (Wildman–Crippen MR) is 107 cm³/mol. The Morgan fingerprint density at radius 2 is 2.18 bits per heavy atom. The maximum atomic E-state index is 13.1. The van der Waals surface area contributed by atoms with E-state index in [2.05, 4.69) is 20.5 Å². The van der Waals surface area contributed by atoms with Gasteiger partial charge in [-0.2, -0.15) is 5.10 Å². The summed E-state index contributed by atoms with van der Waals surface area (Å²) < 4.78 is 13.1. The topological polar surface area (TPSA) is 73.9 Å². The van der Waals surface area contributed by atoms with E-state index in [1.54, 1.807) is 30.3 Å². The van der Waals surface area contributed by atoms with Crippen LogP contribution in [0, 0.1) is 5.82 Å². The standard InChI is InChI=1S/C20H22FN5OS/c1-26(11-16-12-28-19(24-16)13-4-6-15(21)7-5-13)20(27)18-17(10-23-25-18)14-3-2-8-22-9-14/h4-7,10,12,14,22H,2-3,8-9,11H2,1H3,(H,23,25). The molecule has 1 saturated heterocycles. The van der Waals surface area contributed by atoms with Crippen molar-refractivity contribution >= 4 is 17.2 Å². The molecule has 3 heterocycles. The highest BCUT2D eigenvalue weighted by Crippen LogP contribution is 2.27. The molecule has 1 aliphatic heterocycles. The van der Waals surface area contributed by atoms with Gasteiger partial charge in [-0.1, -0.05) is 0 Å². The number of hydrogen-bond acceptors (Lipinski definition) is 5. The molecule has 8 heteroatoms. The number of hydrogen-bond donors (Lipinski definition) is 2. The summed E-state index contributed by atoms with van der Waals surface area (Å²) in [5, 5.41) is 13.1. The number of amides is 1. The van der Waals surface area contributed by atoms with E-state index < -0.39 is 0 Å². The number of halogens is 1. The normalized spacial score (nSPS) is 16.9. The second kappa shape index (κ2) is 8.20. The summed E-state index contributed by atoms with van der Waals surface area (Å²) >= 11 is 1.49. The molecule has 1 aliphatic rings. The molecular weight excluding hydrogens is 377 g/mol. The van der Waals surface area contributed by atoms with Gasteiger partial charge in [-0.25, -0.2) is 9.37 Å². The van der Waals surface area contributed by atoms with E-state index in [-0.39, 0.29) is 11.7 Å². The Balaban J connectivity index is 1.46. The van der Waals surface area contributed by atoms with Crippen LogP contribution in [0.4, 0.5) is 4.39 Å². The van der Waals surface area contributed by atoms with Crippen LogP contribution in [0.2, 0.25) is 0 Å². The highest BCUT2D eigenvalue weighted by atomic mass is 32.1. The van der Waals surface area contributed by atoms with Gasteiger partial charge in [-0.3, -0.25) is 9.89 Å². The predicted octanol–water partition coefficient (Wildman–Crippen LogP) is 3.41. The molecule has 0 saturated carbocycles. The molecule has 1 fully saturated rings. The lowest BCUT2D eigenvalue weighted by atomic mass is 9.92. The molecule has 28 heavy (non-hydrogen) atoms. The molecule has 1 unspecified atom stereocenters. The van der Waals surface area contributed by atoms with E-state index in [0.717, 1.165) is 47.8 Å². The van der Waals surface area contributed by atoms with Crippen molar-refractivity contribution in [3.63, 3.8) is 0 Å². The van der Waals surface area contributed by atoms with Crippen molar-refractivity contribution < 1.29 is 9.18 Å². The van der Waals surface area contributed by atoms with Crippen molar-refractivity contribution in [3.8, 4) is 10.6 Å². The van der Waals surface area contributed by atoms with Crippen LogP contribution in [-0.4, -0.2) is 46.1 Å². The Kier molecular flexibility index (Phi) is 5.50. The molecule has 0 radical (unpaired) electrons. The van der Waals surface area contributed by atoms with Crippen molar-refractivity contribution in [1.82, 2.24) is 25.4 Å². The number of carbonyl (C=O) groups is 1. The molecule has 2 N–H and O–H groups in total. The monoisotopic (exact) mass is 399 g/mol. The fourth-order valence-electron chi connectivity index (χ4n) is 3.50. The summed E-state index contributed by atoms with van der Waals surface area (Å²) in [6.45, 7) is 2.30. The lowest BCUT2D eigenvalue weighted by Gasteiger charge is -2.23. The summed E-state index contributed by atoms with van der Waals surface area (Å²) in [6.07, 6.45) is 3.93. The second-order valence-corrected chi connectivity index (χ2v) is 7.91. The average molecular weight is 399 g/mol. The van der Waals surface area contributed by atoms with Gasteiger partial charge < -0.3 is 10.2 Å². The molecule has 0 spiro atoms. The highest BCUT2D eigenvalue weighted by Gasteiger charge is 2.25. The van der Waals surface area contributed by atoms with Crippen molar-refractivity contribution in [2.24, 2.45) is 0 Å². The first-order valence-corrected chi connectivity index (χ1v) is 10.2. The van der Waals surface area contributed by atoms with Crippen LogP contribution >= 0.6 is 11.3 Å². The minimum atomic E-state index is -0.269.